The monoisotopic (exact) mass is 316 g/mol. The summed E-state index contributed by atoms with van der Waals surface area (Å²) >= 11 is 0. The molecule has 0 saturated carbocycles. The molecule has 3 aromatic heterocycles. The number of hydrogen-bond acceptors (Lipinski definition) is 8. The number of nitrogens with zero attached hydrogens (tertiary/aromatic N) is 5. The highest BCUT2D eigenvalue weighted by molar-refractivity contribution is 5.75. The number of carbonyl (C=O) groups excluding carboxylic acids is 1. The van der Waals surface area contributed by atoms with Gasteiger partial charge in [0.25, 0.3) is 5.56 Å². The molecule has 0 aliphatic carbocycles. The lowest BCUT2D eigenvalue weighted by atomic mass is 10.4. The molecule has 10 nitrogen and oxygen atoms in total. The molecule has 23 heavy (non-hydrogen) atoms. The normalized spacial score (nSPS) is 10.7. The molecule has 0 saturated heterocycles. The molecule has 0 atom stereocenters. The molecule has 0 unspecified atom stereocenters. The van der Waals surface area contributed by atoms with Gasteiger partial charge in [-0.25, -0.2) is 4.68 Å². The molecular weight excluding hydrogens is 304 g/mol. The van der Waals surface area contributed by atoms with Crippen molar-refractivity contribution >= 4 is 5.91 Å². The zero-order chi connectivity index (χ0) is 16.2. The van der Waals surface area contributed by atoms with Gasteiger partial charge in [-0.15, -0.1) is 0 Å². The fraction of sp³-hybridized carbons (Fsp3) is 0.231. The molecule has 0 radical (unpaired) electrons. The Hall–Kier alpha value is -3.30. The van der Waals surface area contributed by atoms with Gasteiger partial charge in [0.15, 0.2) is 5.69 Å². The average molecular weight is 316 g/mol. The van der Waals surface area contributed by atoms with Crippen LogP contribution in [0.15, 0.2) is 38.2 Å². The van der Waals surface area contributed by atoms with Gasteiger partial charge in [-0.3, -0.25) is 9.59 Å². The Morgan fingerprint density at radius 2 is 2.22 bits per heavy atom. The standard InChI is InChI=1S/C13H12N6O4/c1-8-5-9(17-22-8)13-16-11(23-18-13)6-14-10(20)7-19-12(21)3-2-4-15-19/h2-5H,6-7H2,1H3,(H,14,20). The van der Waals surface area contributed by atoms with Gasteiger partial charge >= 0.3 is 0 Å². The number of hydrogen-bond donors (Lipinski definition) is 1. The Balaban J connectivity index is 1.58. The van der Waals surface area contributed by atoms with Crippen LogP contribution < -0.4 is 10.9 Å². The quantitative estimate of drug-likeness (QED) is 0.691. The van der Waals surface area contributed by atoms with Crippen LogP contribution in [0.5, 0.6) is 0 Å². The van der Waals surface area contributed by atoms with Crippen molar-refractivity contribution in [3.63, 3.8) is 0 Å². The number of carbonyl (C=O) groups is 1. The molecule has 118 valence electrons. The number of nitrogens with one attached hydrogen (secondary N) is 1. The van der Waals surface area contributed by atoms with Crippen molar-refractivity contribution < 1.29 is 13.8 Å². The van der Waals surface area contributed by atoms with Crippen LogP contribution >= 0.6 is 0 Å². The smallest absolute Gasteiger partial charge is 0.267 e. The maximum atomic E-state index is 11.8. The Morgan fingerprint density at radius 3 is 2.96 bits per heavy atom. The van der Waals surface area contributed by atoms with Gasteiger partial charge in [0.1, 0.15) is 12.3 Å². The molecule has 3 rings (SSSR count). The van der Waals surface area contributed by atoms with Gasteiger partial charge in [-0.1, -0.05) is 10.3 Å². The molecule has 1 amide bonds. The zero-order valence-electron chi connectivity index (χ0n) is 12.1. The van der Waals surface area contributed by atoms with Crippen LogP contribution in [0, 0.1) is 6.92 Å². The molecule has 0 aliphatic rings. The molecule has 0 bridgehead atoms. The number of aryl methyl sites for hydroxylation is 1. The topological polar surface area (TPSA) is 129 Å². The summed E-state index contributed by atoms with van der Waals surface area (Å²) in [5.41, 5.74) is 0.0907. The maximum absolute atomic E-state index is 11.8. The van der Waals surface area contributed by atoms with E-state index in [0.717, 1.165) is 4.68 Å². The van der Waals surface area contributed by atoms with E-state index < -0.39 is 5.91 Å². The van der Waals surface area contributed by atoms with Crippen molar-refractivity contribution in [1.29, 1.82) is 0 Å². The summed E-state index contributed by atoms with van der Waals surface area (Å²) in [6.07, 6.45) is 1.43. The molecular formula is C13H12N6O4. The van der Waals surface area contributed by atoms with E-state index in [1.165, 1.54) is 18.3 Å². The van der Waals surface area contributed by atoms with Crippen LogP contribution in [0.3, 0.4) is 0 Å². The van der Waals surface area contributed by atoms with Gasteiger partial charge in [-0.2, -0.15) is 10.1 Å². The molecule has 1 N–H and O–H groups in total. The SMILES string of the molecule is Cc1cc(-c2noc(CNC(=O)Cn3ncccc3=O)n2)no1. The van der Waals surface area contributed by atoms with E-state index in [1.807, 2.05) is 0 Å². The summed E-state index contributed by atoms with van der Waals surface area (Å²) in [6, 6.07) is 4.49. The predicted molar refractivity (Wildman–Crippen MR) is 74.9 cm³/mol. The lowest BCUT2D eigenvalue weighted by molar-refractivity contribution is -0.122. The molecule has 10 heteroatoms. The fourth-order valence-electron chi connectivity index (χ4n) is 1.77. The summed E-state index contributed by atoms with van der Waals surface area (Å²) in [7, 11) is 0. The zero-order valence-corrected chi connectivity index (χ0v) is 12.1. The van der Waals surface area contributed by atoms with Crippen molar-refractivity contribution in [2.45, 2.75) is 20.0 Å². The van der Waals surface area contributed by atoms with Crippen LogP contribution in [-0.2, 0) is 17.9 Å². The minimum absolute atomic E-state index is 0.0320. The van der Waals surface area contributed by atoms with Crippen molar-refractivity contribution in [1.82, 2.24) is 30.4 Å². The third-order valence-corrected chi connectivity index (χ3v) is 2.84. The predicted octanol–water partition coefficient (Wildman–Crippen LogP) is -0.0939. The fourth-order valence-corrected chi connectivity index (χ4v) is 1.77. The van der Waals surface area contributed by atoms with E-state index in [-0.39, 0.29) is 30.4 Å². The molecule has 0 aromatic carbocycles. The van der Waals surface area contributed by atoms with E-state index >= 15 is 0 Å². The molecule has 0 fully saturated rings. The second-order valence-corrected chi connectivity index (χ2v) is 4.63. The van der Waals surface area contributed by atoms with Gasteiger partial charge in [0.05, 0.1) is 6.54 Å². The summed E-state index contributed by atoms with van der Waals surface area (Å²) in [4.78, 5) is 27.3. The van der Waals surface area contributed by atoms with Gasteiger partial charge in [0.2, 0.25) is 17.6 Å². The average Bonchev–Trinajstić information content (AvgIpc) is 3.16. The second-order valence-electron chi connectivity index (χ2n) is 4.63. The number of amides is 1. The number of aromatic nitrogens is 5. The highest BCUT2D eigenvalue weighted by Crippen LogP contribution is 2.14. The number of rotatable bonds is 5. The van der Waals surface area contributed by atoms with Crippen LogP contribution in [0.25, 0.3) is 11.5 Å². The van der Waals surface area contributed by atoms with Crippen LogP contribution in [0.2, 0.25) is 0 Å². The Morgan fingerprint density at radius 1 is 1.35 bits per heavy atom. The van der Waals surface area contributed by atoms with Crippen molar-refractivity contribution in [3.8, 4) is 11.5 Å². The summed E-state index contributed by atoms with van der Waals surface area (Å²) in [6.45, 7) is 1.59. The third-order valence-electron chi connectivity index (χ3n) is 2.84. The first-order valence-electron chi connectivity index (χ1n) is 6.67. The minimum Gasteiger partial charge on any atom is -0.361 e. The third kappa shape index (κ3) is 3.48. The van der Waals surface area contributed by atoms with E-state index in [2.05, 4.69) is 25.7 Å². The first kappa shape index (κ1) is 14.6. The maximum Gasteiger partial charge on any atom is 0.267 e. The van der Waals surface area contributed by atoms with Gasteiger partial charge in [-0.05, 0) is 13.0 Å². The van der Waals surface area contributed by atoms with Crippen LogP contribution in [0.4, 0.5) is 0 Å². The van der Waals surface area contributed by atoms with E-state index in [0.29, 0.717) is 11.5 Å². The molecule has 0 aliphatic heterocycles. The van der Waals surface area contributed by atoms with Crippen LogP contribution in [-0.4, -0.2) is 31.0 Å². The first-order chi connectivity index (χ1) is 11.1. The van der Waals surface area contributed by atoms with Gasteiger partial charge < -0.3 is 14.4 Å². The van der Waals surface area contributed by atoms with E-state index in [1.54, 1.807) is 13.0 Å². The van der Waals surface area contributed by atoms with E-state index in [4.69, 9.17) is 9.05 Å². The second kappa shape index (κ2) is 6.22. The lowest BCUT2D eigenvalue weighted by Crippen LogP contribution is -2.32. The largest absolute Gasteiger partial charge is 0.361 e. The van der Waals surface area contributed by atoms with E-state index in [9.17, 15) is 9.59 Å². The lowest BCUT2D eigenvalue weighted by Gasteiger charge is -2.03. The summed E-state index contributed by atoms with van der Waals surface area (Å²) < 4.78 is 11.0. The van der Waals surface area contributed by atoms with Gasteiger partial charge in [0, 0.05) is 18.3 Å². The Labute approximate surface area is 129 Å². The van der Waals surface area contributed by atoms with Crippen molar-refractivity contribution in [2.75, 3.05) is 0 Å². The summed E-state index contributed by atoms with van der Waals surface area (Å²) in [5.74, 6) is 0.706. The molecule has 3 aromatic rings. The summed E-state index contributed by atoms with van der Waals surface area (Å²) in [5, 5.41) is 13.9. The van der Waals surface area contributed by atoms with Crippen LogP contribution in [0.1, 0.15) is 11.7 Å². The Kier molecular flexibility index (Phi) is 3.95. The Bertz CT molecular complexity index is 880. The minimum atomic E-state index is -0.400. The molecule has 3 heterocycles. The highest BCUT2D eigenvalue weighted by Gasteiger charge is 2.13. The van der Waals surface area contributed by atoms with Crippen molar-refractivity contribution in [3.05, 3.63) is 46.4 Å². The molecule has 0 spiro atoms. The first-order valence-corrected chi connectivity index (χ1v) is 6.67. The highest BCUT2D eigenvalue weighted by atomic mass is 16.5. The van der Waals surface area contributed by atoms with Crippen molar-refractivity contribution in [2.24, 2.45) is 0 Å².